The second-order valence-corrected chi connectivity index (χ2v) is 5.23. The summed E-state index contributed by atoms with van der Waals surface area (Å²) in [6, 6.07) is 2.51. The molecule has 0 amide bonds. The summed E-state index contributed by atoms with van der Waals surface area (Å²) in [6.45, 7) is 6.98. The Morgan fingerprint density at radius 3 is 2.68 bits per heavy atom. The molecule has 0 spiro atoms. The van der Waals surface area contributed by atoms with Gasteiger partial charge in [-0.05, 0) is 26.8 Å². The zero-order valence-corrected chi connectivity index (χ0v) is 12.5. The number of hydrogen-bond donors (Lipinski definition) is 1. The van der Waals surface area contributed by atoms with Crippen LogP contribution in [0.4, 0.5) is 0 Å². The molecule has 2 aromatic heterocycles. The van der Waals surface area contributed by atoms with E-state index in [1.54, 1.807) is 10.9 Å². The van der Waals surface area contributed by atoms with E-state index in [1.807, 2.05) is 30.9 Å². The summed E-state index contributed by atoms with van der Waals surface area (Å²) in [7, 11) is 1.86. The van der Waals surface area contributed by atoms with E-state index in [2.05, 4.69) is 29.4 Å². The Morgan fingerprint density at radius 1 is 1.42 bits per heavy atom. The van der Waals surface area contributed by atoms with E-state index in [9.17, 15) is 0 Å². The standard InChI is InChI=1S/C13H20ClN5/c1-9(11(3)19-7-5-6-16-19)15-8-12-10(2)17-18(4)13(12)14/h5-7,9,11,15H,8H2,1-4H3. The van der Waals surface area contributed by atoms with Crippen LogP contribution in [0.3, 0.4) is 0 Å². The predicted molar refractivity (Wildman–Crippen MR) is 76.2 cm³/mol. The molecule has 2 atom stereocenters. The summed E-state index contributed by atoms with van der Waals surface area (Å²) < 4.78 is 3.66. The lowest BCUT2D eigenvalue weighted by molar-refractivity contribution is 0.365. The van der Waals surface area contributed by atoms with Gasteiger partial charge in [-0.3, -0.25) is 9.36 Å². The highest BCUT2D eigenvalue weighted by molar-refractivity contribution is 6.30. The molecule has 2 aromatic rings. The van der Waals surface area contributed by atoms with Gasteiger partial charge in [0.2, 0.25) is 0 Å². The third kappa shape index (κ3) is 2.98. The van der Waals surface area contributed by atoms with Crippen molar-refractivity contribution < 1.29 is 0 Å². The van der Waals surface area contributed by atoms with E-state index >= 15 is 0 Å². The van der Waals surface area contributed by atoms with E-state index in [1.165, 1.54) is 0 Å². The Kier molecular flexibility index (Phi) is 4.27. The van der Waals surface area contributed by atoms with Crippen LogP contribution in [0, 0.1) is 6.92 Å². The van der Waals surface area contributed by atoms with Gasteiger partial charge in [0.15, 0.2) is 0 Å². The van der Waals surface area contributed by atoms with Crippen LogP contribution in [-0.4, -0.2) is 25.6 Å². The van der Waals surface area contributed by atoms with Crippen LogP contribution in [0.25, 0.3) is 0 Å². The molecule has 0 radical (unpaired) electrons. The van der Waals surface area contributed by atoms with Gasteiger partial charge in [0.1, 0.15) is 5.15 Å². The molecule has 0 saturated carbocycles. The average Bonchev–Trinajstić information content (AvgIpc) is 2.97. The van der Waals surface area contributed by atoms with Crippen molar-refractivity contribution in [2.75, 3.05) is 0 Å². The first-order chi connectivity index (χ1) is 9.00. The minimum atomic E-state index is 0.283. The molecule has 0 aliphatic heterocycles. The number of halogens is 1. The van der Waals surface area contributed by atoms with E-state index < -0.39 is 0 Å². The first kappa shape index (κ1) is 14.1. The molecule has 0 aliphatic carbocycles. The maximum absolute atomic E-state index is 6.22. The van der Waals surface area contributed by atoms with Crippen LogP contribution in [0.5, 0.6) is 0 Å². The number of hydrogen-bond acceptors (Lipinski definition) is 3. The fourth-order valence-electron chi connectivity index (χ4n) is 2.06. The normalized spacial score (nSPS) is 14.6. The van der Waals surface area contributed by atoms with Crippen LogP contribution in [0.1, 0.15) is 31.1 Å². The topological polar surface area (TPSA) is 47.7 Å². The molecule has 0 aromatic carbocycles. The van der Waals surface area contributed by atoms with Gasteiger partial charge in [-0.1, -0.05) is 11.6 Å². The molecule has 0 aliphatic rings. The molecule has 5 nitrogen and oxygen atoms in total. The lowest BCUT2D eigenvalue weighted by Crippen LogP contribution is -2.33. The maximum Gasteiger partial charge on any atom is 0.131 e. The summed E-state index contributed by atoms with van der Waals surface area (Å²) in [6.07, 6.45) is 3.77. The van der Waals surface area contributed by atoms with Crippen LogP contribution in [0.2, 0.25) is 5.15 Å². The second-order valence-electron chi connectivity index (χ2n) is 4.87. The molecule has 0 saturated heterocycles. The van der Waals surface area contributed by atoms with Gasteiger partial charge in [-0.15, -0.1) is 0 Å². The molecule has 2 heterocycles. The lowest BCUT2D eigenvalue weighted by atomic mass is 10.1. The second kappa shape index (κ2) is 5.75. The fourth-order valence-corrected chi connectivity index (χ4v) is 2.30. The molecule has 0 fully saturated rings. The zero-order chi connectivity index (χ0) is 14.0. The average molecular weight is 282 g/mol. The number of nitrogens with one attached hydrogen (secondary N) is 1. The van der Waals surface area contributed by atoms with Gasteiger partial charge < -0.3 is 5.32 Å². The Balaban J connectivity index is 1.98. The number of rotatable bonds is 5. The van der Waals surface area contributed by atoms with Gasteiger partial charge in [0.05, 0.1) is 11.7 Å². The van der Waals surface area contributed by atoms with E-state index in [4.69, 9.17) is 11.6 Å². The monoisotopic (exact) mass is 281 g/mol. The number of aryl methyl sites for hydroxylation is 2. The summed E-state index contributed by atoms with van der Waals surface area (Å²) in [5.41, 5.74) is 2.03. The highest BCUT2D eigenvalue weighted by Crippen LogP contribution is 2.19. The molecule has 19 heavy (non-hydrogen) atoms. The van der Waals surface area contributed by atoms with Crippen molar-refractivity contribution in [1.29, 1.82) is 0 Å². The van der Waals surface area contributed by atoms with Crippen LogP contribution < -0.4 is 5.32 Å². The first-order valence-corrected chi connectivity index (χ1v) is 6.79. The SMILES string of the molecule is Cc1nn(C)c(Cl)c1CNC(C)C(C)n1cccn1. The summed E-state index contributed by atoms with van der Waals surface area (Å²) in [5, 5.41) is 12.8. The minimum absolute atomic E-state index is 0.283. The van der Waals surface area contributed by atoms with Crippen molar-refractivity contribution in [2.24, 2.45) is 7.05 Å². The quantitative estimate of drug-likeness (QED) is 0.915. The van der Waals surface area contributed by atoms with E-state index in [-0.39, 0.29) is 12.1 Å². The van der Waals surface area contributed by atoms with Gasteiger partial charge in [-0.2, -0.15) is 10.2 Å². The Morgan fingerprint density at radius 2 is 2.16 bits per heavy atom. The number of nitrogens with zero attached hydrogens (tertiary/aromatic N) is 4. The third-order valence-corrected chi connectivity index (χ3v) is 4.01. The highest BCUT2D eigenvalue weighted by Gasteiger charge is 2.16. The highest BCUT2D eigenvalue weighted by atomic mass is 35.5. The van der Waals surface area contributed by atoms with Crippen molar-refractivity contribution in [1.82, 2.24) is 24.9 Å². The Bertz CT molecular complexity index is 531. The first-order valence-electron chi connectivity index (χ1n) is 6.41. The van der Waals surface area contributed by atoms with Gasteiger partial charge >= 0.3 is 0 Å². The van der Waals surface area contributed by atoms with Crippen molar-refractivity contribution in [3.8, 4) is 0 Å². The molecule has 2 rings (SSSR count). The Labute approximate surface area is 118 Å². The molecular weight excluding hydrogens is 262 g/mol. The van der Waals surface area contributed by atoms with Gasteiger partial charge in [0.25, 0.3) is 0 Å². The maximum atomic E-state index is 6.22. The number of aromatic nitrogens is 4. The third-order valence-electron chi connectivity index (χ3n) is 3.54. The molecular formula is C13H20ClN5. The van der Waals surface area contributed by atoms with E-state index in [0.29, 0.717) is 11.7 Å². The zero-order valence-electron chi connectivity index (χ0n) is 11.8. The van der Waals surface area contributed by atoms with E-state index in [0.717, 1.165) is 11.3 Å². The van der Waals surface area contributed by atoms with Crippen LogP contribution in [0.15, 0.2) is 18.5 Å². The van der Waals surface area contributed by atoms with Crippen molar-refractivity contribution in [3.63, 3.8) is 0 Å². The van der Waals surface area contributed by atoms with Crippen molar-refractivity contribution in [2.45, 2.75) is 39.4 Å². The van der Waals surface area contributed by atoms with Crippen LogP contribution in [-0.2, 0) is 13.6 Å². The van der Waals surface area contributed by atoms with Crippen LogP contribution >= 0.6 is 11.6 Å². The van der Waals surface area contributed by atoms with Gasteiger partial charge in [-0.25, -0.2) is 0 Å². The molecule has 6 heteroatoms. The molecule has 104 valence electrons. The summed E-state index contributed by atoms with van der Waals surface area (Å²) >= 11 is 6.22. The lowest BCUT2D eigenvalue weighted by Gasteiger charge is -2.21. The summed E-state index contributed by atoms with van der Waals surface area (Å²) in [5.74, 6) is 0. The molecule has 2 unspecified atom stereocenters. The van der Waals surface area contributed by atoms with Crippen molar-refractivity contribution in [3.05, 3.63) is 34.9 Å². The minimum Gasteiger partial charge on any atom is -0.308 e. The summed E-state index contributed by atoms with van der Waals surface area (Å²) in [4.78, 5) is 0. The predicted octanol–water partition coefficient (Wildman–Crippen LogP) is 2.32. The largest absolute Gasteiger partial charge is 0.308 e. The molecule has 0 bridgehead atoms. The van der Waals surface area contributed by atoms with Gasteiger partial charge in [0, 0.05) is 37.6 Å². The molecule has 1 N–H and O–H groups in total. The Hall–Kier alpha value is -1.33. The smallest absolute Gasteiger partial charge is 0.131 e. The fraction of sp³-hybridized carbons (Fsp3) is 0.538. The van der Waals surface area contributed by atoms with Crippen molar-refractivity contribution >= 4 is 11.6 Å².